The molecule has 2 rings (SSSR count). The van der Waals surface area contributed by atoms with Crippen LogP contribution in [0.2, 0.25) is 0 Å². The SMILES string of the molecule is Cc1cc(C(=O)NC2CC=CCC2)no1. The third kappa shape index (κ3) is 2.46. The fourth-order valence-electron chi connectivity index (χ4n) is 1.66. The van der Waals surface area contributed by atoms with Gasteiger partial charge < -0.3 is 9.84 Å². The molecule has 80 valence electrons. The second-order valence-electron chi connectivity index (χ2n) is 3.78. The van der Waals surface area contributed by atoms with Crippen molar-refractivity contribution >= 4 is 5.91 Å². The summed E-state index contributed by atoms with van der Waals surface area (Å²) in [6, 6.07) is 1.88. The zero-order valence-corrected chi connectivity index (χ0v) is 8.69. The summed E-state index contributed by atoms with van der Waals surface area (Å²) in [7, 11) is 0. The van der Waals surface area contributed by atoms with Crippen LogP contribution in [0.25, 0.3) is 0 Å². The number of rotatable bonds is 2. The second-order valence-corrected chi connectivity index (χ2v) is 3.78. The van der Waals surface area contributed by atoms with Gasteiger partial charge in [0.15, 0.2) is 5.69 Å². The van der Waals surface area contributed by atoms with Gasteiger partial charge in [-0.2, -0.15) is 0 Å². The van der Waals surface area contributed by atoms with Crippen LogP contribution >= 0.6 is 0 Å². The minimum absolute atomic E-state index is 0.146. The largest absolute Gasteiger partial charge is 0.361 e. The van der Waals surface area contributed by atoms with Gasteiger partial charge in [-0.15, -0.1) is 0 Å². The van der Waals surface area contributed by atoms with Crippen molar-refractivity contribution in [2.24, 2.45) is 0 Å². The topological polar surface area (TPSA) is 55.1 Å². The highest BCUT2D eigenvalue weighted by molar-refractivity contribution is 5.92. The lowest BCUT2D eigenvalue weighted by atomic mass is 10.0. The monoisotopic (exact) mass is 206 g/mol. The number of hydrogen-bond donors (Lipinski definition) is 1. The molecule has 0 spiro atoms. The molecular formula is C11H14N2O2. The first-order chi connectivity index (χ1) is 7.25. The van der Waals surface area contributed by atoms with E-state index in [1.807, 2.05) is 0 Å². The number of carbonyl (C=O) groups is 1. The van der Waals surface area contributed by atoms with Gasteiger partial charge in [-0.05, 0) is 26.2 Å². The molecule has 1 aromatic rings. The Balaban J connectivity index is 1.94. The number of aromatic nitrogens is 1. The molecule has 1 N–H and O–H groups in total. The van der Waals surface area contributed by atoms with Crippen LogP contribution in [0.4, 0.5) is 0 Å². The predicted molar refractivity (Wildman–Crippen MR) is 55.5 cm³/mol. The molecule has 1 atom stereocenters. The van der Waals surface area contributed by atoms with Crippen molar-refractivity contribution in [3.63, 3.8) is 0 Å². The summed E-state index contributed by atoms with van der Waals surface area (Å²) in [5, 5.41) is 6.61. The van der Waals surface area contributed by atoms with E-state index >= 15 is 0 Å². The number of nitrogens with one attached hydrogen (secondary N) is 1. The van der Waals surface area contributed by atoms with Crippen LogP contribution in [0.3, 0.4) is 0 Å². The Hall–Kier alpha value is -1.58. The molecule has 0 bridgehead atoms. The molecule has 0 radical (unpaired) electrons. The Kier molecular flexibility index (Phi) is 2.85. The molecule has 1 unspecified atom stereocenters. The molecule has 0 saturated carbocycles. The first kappa shape index (κ1) is 9.96. The molecule has 0 aromatic carbocycles. The summed E-state index contributed by atoms with van der Waals surface area (Å²) in [6.07, 6.45) is 7.18. The number of carbonyl (C=O) groups excluding carboxylic acids is 1. The van der Waals surface area contributed by atoms with Gasteiger partial charge in [0.25, 0.3) is 5.91 Å². The van der Waals surface area contributed by atoms with Crippen molar-refractivity contribution in [1.29, 1.82) is 0 Å². The van der Waals surface area contributed by atoms with E-state index in [9.17, 15) is 4.79 Å². The summed E-state index contributed by atoms with van der Waals surface area (Å²) in [6.45, 7) is 1.77. The molecular weight excluding hydrogens is 192 g/mol. The second kappa shape index (κ2) is 4.29. The van der Waals surface area contributed by atoms with E-state index in [1.54, 1.807) is 13.0 Å². The first-order valence-corrected chi connectivity index (χ1v) is 5.15. The normalized spacial score (nSPS) is 20.2. The fraction of sp³-hybridized carbons (Fsp3) is 0.455. The van der Waals surface area contributed by atoms with Crippen molar-refractivity contribution in [3.05, 3.63) is 29.7 Å². The Labute approximate surface area is 88.3 Å². The van der Waals surface area contributed by atoms with Crippen LogP contribution in [0, 0.1) is 6.92 Å². The van der Waals surface area contributed by atoms with E-state index in [1.165, 1.54) is 0 Å². The number of nitrogens with zero attached hydrogens (tertiary/aromatic N) is 1. The summed E-state index contributed by atoms with van der Waals surface area (Å²) in [5.74, 6) is 0.510. The molecule has 1 aromatic heterocycles. The van der Waals surface area contributed by atoms with Crippen molar-refractivity contribution in [2.45, 2.75) is 32.2 Å². The Bertz CT molecular complexity index is 382. The summed E-state index contributed by atoms with van der Waals surface area (Å²) >= 11 is 0. The minimum Gasteiger partial charge on any atom is -0.361 e. The Morgan fingerprint density at radius 2 is 2.47 bits per heavy atom. The standard InChI is InChI=1S/C11H14N2O2/c1-8-7-10(13-15-8)11(14)12-9-5-3-2-4-6-9/h2-3,7,9H,4-6H2,1H3,(H,12,14). The molecule has 15 heavy (non-hydrogen) atoms. The van der Waals surface area contributed by atoms with Gasteiger partial charge in [-0.25, -0.2) is 0 Å². The molecule has 4 heteroatoms. The van der Waals surface area contributed by atoms with Crippen LogP contribution in [-0.2, 0) is 0 Å². The van der Waals surface area contributed by atoms with Crippen molar-refractivity contribution in [2.75, 3.05) is 0 Å². The molecule has 0 aliphatic heterocycles. The zero-order chi connectivity index (χ0) is 10.7. The number of amides is 1. The lowest BCUT2D eigenvalue weighted by Crippen LogP contribution is -2.35. The minimum atomic E-state index is -0.146. The van der Waals surface area contributed by atoms with Crippen LogP contribution in [-0.4, -0.2) is 17.1 Å². The fourth-order valence-corrected chi connectivity index (χ4v) is 1.66. The highest BCUT2D eigenvalue weighted by Gasteiger charge is 2.16. The van der Waals surface area contributed by atoms with E-state index in [4.69, 9.17) is 4.52 Å². The zero-order valence-electron chi connectivity index (χ0n) is 8.69. The van der Waals surface area contributed by atoms with E-state index in [0.717, 1.165) is 19.3 Å². The maximum atomic E-state index is 11.7. The van der Waals surface area contributed by atoms with Gasteiger partial charge in [-0.3, -0.25) is 4.79 Å². The first-order valence-electron chi connectivity index (χ1n) is 5.15. The van der Waals surface area contributed by atoms with Crippen LogP contribution in [0.15, 0.2) is 22.7 Å². The van der Waals surface area contributed by atoms with Crippen molar-refractivity contribution in [3.8, 4) is 0 Å². The highest BCUT2D eigenvalue weighted by atomic mass is 16.5. The molecule has 1 amide bonds. The third-order valence-corrected chi connectivity index (χ3v) is 2.46. The molecule has 1 aliphatic rings. The van der Waals surface area contributed by atoms with E-state index < -0.39 is 0 Å². The quantitative estimate of drug-likeness (QED) is 0.751. The van der Waals surface area contributed by atoms with Crippen molar-refractivity contribution in [1.82, 2.24) is 10.5 Å². The van der Waals surface area contributed by atoms with Gasteiger partial charge in [-0.1, -0.05) is 17.3 Å². The predicted octanol–water partition coefficient (Wildman–Crippen LogP) is 1.82. The van der Waals surface area contributed by atoms with E-state index in [-0.39, 0.29) is 11.9 Å². The number of aryl methyl sites for hydroxylation is 1. The van der Waals surface area contributed by atoms with Gasteiger partial charge >= 0.3 is 0 Å². The Morgan fingerprint density at radius 3 is 3.07 bits per heavy atom. The average molecular weight is 206 g/mol. The number of hydrogen-bond acceptors (Lipinski definition) is 3. The Morgan fingerprint density at radius 1 is 1.60 bits per heavy atom. The van der Waals surface area contributed by atoms with Crippen molar-refractivity contribution < 1.29 is 9.32 Å². The summed E-state index contributed by atoms with van der Waals surface area (Å²) in [4.78, 5) is 11.7. The highest BCUT2D eigenvalue weighted by Crippen LogP contribution is 2.11. The molecule has 0 fully saturated rings. The van der Waals surface area contributed by atoms with Crippen LogP contribution < -0.4 is 5.32 Å². The molecule has 1 aliphatic carbocycles. The average Bonchev–Trinajstić information content (AvgIpc) is 2.66. The van der Waals surface area contributed by atoms with E-state index in [2.05, 4.69) is 22.6 Å². The lowest BCUT2D eigenvalue weighted by Gasteiger charge is -2.18. The molecule has 4 nitrogen and oxygen atoms in total. The molecule has 1 heterocycles. The van der Waals surface area contributed by atoms with Gasteiger partial charge in [0, 0.05) is 12.1 Å². The van der Waals surface area contributed by atoms with E-state index in [0.29, 0.717) is 11.5 Å². The third-order valence-electron chi connectivity index (χ3n) is 2.46. The van der Waals surface area contributed by atoms with Crippen LogP contribution in [0.5, 0.6) is 0 Å². The smallest absolute Gasteiger partial charge is 0.273 e. The number of allylic oxidation sites excluding steroid dienone is 1. The maximum Gasteiger partial charge on any atom is 0.273 e. The van der Waals surface area contributed by atoms with Gasteiger partial charge in [0.2, 0.25) is 0 Å². The van der Waals surface area contributed by atoms with Gasteiger partial charge in [0.05, 0.1) is 0 Å². The van der Waals surface area contributed by atoms with Gasteiger partial charge in [0.1, 0.15) is 5.76 Å². The maximum absolute atomic E-state index is 11.7. The summed E-state index contributed by atoms with van der Waals surface area (Å²) in [5.41, 5.74) is 0.363. The molecule has 0 saturated heterocycles. The lowest BCUT2D eigenvalue weighted by molar-refractivity contribution is 0.0925. The summed E-state index contributed by atoms with van der Waals surface area (Å²) < 4.78 is 4.85. The van der Waals surface area contributed by atoms with Crippen LogP contribution in [0.1, 0.15) is 35.5 Å².